The lowest BCUT2D eigenvalue weighted by Gasteiger charge is -2.35. The van der Waals surface area contributed by atoms with Gasteiger partial charge in [-0.1, -0.05) is 26.7 Å². The van der Waals surface area contributed by atoms with Crippen LogP contribution in [0.2, 0.25) is 0 Å². The highest BCUT2D eigenvalue weighted by Crippen LogP contribution is 2.37. The van der Waals surface area contributed by atoms with Crippen molar-refractivity contribution in [1.29, 1.82) is 0 Å². The zero-order valence-corrected chi connectivity index (χ0v) is 12.0. The lowest BCUT2D eigenvalue weighted by atomic mass is 9.98. The molecule has 0 bridgehead atoms. The Morgan fingerprint density at radius 1 is 1.29 bits per heavy atom. The zero-order chi connectivity index (χ0) is 12.3. The molecule has 1 heterocycles. The minimum Gasteiger partial charge on any atom is -0.316 e. The van der Waals surface area contributed by atoms with Crippen molar-refractivity contribution in [3.05, 3.63) is 0 Å². The third kappa shape index (κ3) is 3.45. The summed E-state index contributed by atoms with van der Waals surface area (Å²) in [6, 6.07) is 0. The molecular formula is C15H30N2. The molecule has 1 atom stereocenters. The second-order valence-electron chi connectivity index (χ2n) is 6.86. The fraction of sp³-hybridized carbons (Fsp3) is 1.00. The summed E-state index contributed by atoms with van der Waals surface area (Å²) in [4.78, 5) is 2.78. The quantitative estimate of drug-likeness (QED) is 0.792. The Hall–Kier alpha value is -0.0800. The van der Waals surface area contributed by atoms with Gasteiger partial charge in [0.15, 0.2) is 0 Å². The van der Waals surface area contributed by atoms with Gasteiger partial charge in [0.25, 0.3) is 0 Å². The number of hydrogen-bond donors (Lipinski definition) is 1. The fourth-order valence-corrected chi connectivity index (χ4v) is 3.52. The molecule has 0 aromatic carbocycles. The van der Waals surface area contributed by atoms with Crippen molar-refractivity contribution in [3.63, 3.8) is 0 Å². The van der Waals surface area contributed by atoms with E-state index in [2.05, 4.69) is 31.0 Å². The van der Waals surface area contributed by atoms with E-state index in [0.717, 1.165) is 11.8 Å². The van der Waals surface area contributed by atoms with Gasteiger partial charge in [-0.05, 0) is 57.7 Å². The predicted molar refractivity (Wildman–Crippen MR) is 74.3 cm³/mol. The van der Waals surface area contributed by atoms with Crippen LogP contribution in [0, 0.1) is 11.8 Å². The average molecular weight is 238 g/mol. The van der Waals surface area contributed by atoms with Crippen LogP contribution in [0.4, 0.5) is 0 Å². The van der Waals surface area contributed by atoms with Crippen LogP contribution in [0.5, 0.6) is 0 Å². The van der Waals surface area contributed by atoms with Crippen molar-refractivity contribution in [2.75, 3.05) is 26.2 Å². The molecule has 2 nitrogen and oxygen atoms in total. The van der Waals surface area contributed by atoms with Crippen LogP contribution in [0.3, 0.4) is 0 Å². The Morgan fingerprint density at radius 2 is 2.00 bits per heavy atom. The van der Waals surface area contributed by atoms with Crippen molar-refractivity contribution < 1.29 is 0 Å². The Morgan fingerprint density at radius 3 is 2.65 bits per heavy atom. The predicted octanol–water partition coefficient (Wildman–Crippen LogP) is 2.89. The summed E-state index contributed by atoms with van der Waals surface area (Å²) >= 11 is 0. The van der Waals surface area contributed by atoms with Gasteiger partial charge in [0.2, 0.25) is 0 Å². The highest BCUT2D eigenvalue weighted by Gasteiger charge is 2.38. The molecule has 1 N–H and O–H groups in total. The summed E-state index contributed by atoms with van der Waals surface area (Å²) in [6.45, 7) is 12.1. The molecule has 2 rings (SSSR count). The molecule has 2 aliphatic rings. The van der Waals surface area contributed by atoms with Crippen LogP contribution in [0.25, 0.3) is 0 Å². The second kappa shape index (κ2) is 5.71. The van der Waals surface area contributed by atoms with E-state index in [1.54, 1.807) is 0 Å². The first-order valence-corrected chi connectivity index (χ1v) is 7.56. The number of nitrogens with zero attached hydrogens (tertiary/aromatic N) is 1. The maximum Gasteiger partial charge on any atom is 0.0181 e. The van der Waals surface area contributed by atoms with Gasteiger partial charge in [-0.3, -0.25) is 4.90 Å². The molecule has 1 saturated heterocycles. The van der Waals surface area contributed by atoms with Crippen LogP contribution in [0.1, 0.15) is 52.9 Å². The van der Waals surface area contributed by atoms with E-state index in [0.29, 0.717) is 5.54 Å². The standard InChI is InChI=1S/C15H30N2/c1-13(2)10-16-11-14-6-9-17(12-14)15(3)7-4-5-8-15/h13-14,16H,4-12H2,1-3H3. The molecule has 0 aromatic rings. The molecule has 2 heteroatoms. The molecule has 1 aliphatic carbocycles. The maximum absolute atomic E-state index is 3.62. The molecule has 100 valence electrons. The largest absolute Gasteiger partial charge is 0.316 e. The van der Waals surface area contributed by atoms with E-state index in [-0.39, 0.29) is 0 Å². The normalized spacial score (nSPS) is 29.3. The first-order chi connectivity index (χ1) is 8.10. The maximum atomic E-state index is 3.62. The van der Waals surface area contributed by atoms with E-state index < -0.39 is 0 Å². The van der Waals surface area contributed by atoms with E-state index in [1.807, 2.05) is 0 Å². The van der Waals surface area contributed by atoms with Gasteiger partial charge < -0.3 is 5.32 Å². The van der Waals surface area contributed by atoms with Gasteiger partial charge in [0.05, 0.1) is 0 Å². The minimum atomic E-state index is 0.548. The van der Waals surface area contributed by atoms with Crippen molar-refractivity contribution in [3.8, 4) is 0 Å². The monoisotopic (exact) mass is 238 g/mol. The van der Waals surface area contributed by atoms with Crippen molar-refractivity contribution in [2.45, 2.75) is 58.4 Å². The summed E-state index contributed by atoms with van der Waals surface area (Å²) in [7, 11) is 0. The van der Waals surface area contributed by atoms with Crippen molar-refractivity contribution >= 4 is 0 Å². The molecule has 17 heavy (non-hydrogen) atoms. The Kier molecular flexibility index (Phi) is 4.48. The van der Waals surface area contributed by atoms with Crippen LogP contribution >= 0.6 is 0 Å². The second-order valence-corrected chi connectivity index (χ2v) is 6.86. The summed E-state index contributed by atoms with van der Waals surface area (Å²) in [5.74, 6) is 1.67. The SMILES string of the molecule is CC(C)CNCC1CCN(C2(C)CCCC2)C1. The van der Waals surface area contributed by atoms with Gasteiger partial charge in [-0.15, -0.1) is 0 Å². The Balaban J connectivity index is 1.72. The lowest BCUT2D eigenvalue weighted by Crippen LogP contribution is -2.43. The molecule has 1 unspecified atom stereocenters. The third-order valence-corrected chi connectivity index (χ3v) is 4.72. The third-order valence-electron chi connectivity index (χ3n) is 4.72. The number of nitrogens with one attached hydrogen (secondary N) is 1. The average Bonchev–Trinajstić information content (AvgIpc) is 2.87. The highest BCUT2D eigenvalue weighted by molar-refractivity contribution is 4.94. The van der Waals surface area contributed by atoms with E-state index in [1.165, 1.54) is 58.3 Å². The van der Waals surface area contributed by atoms with Gasteiger partial charge in [-0.25, -0.2) is 0 Å². The van der Waals surface area contributed by atoms with E-state index in [9.17, 15) is 0 Å². The van der Waals surface area contributed by atoms with Crippen LogP contribution in [-0.2, 0) is 0 Å². The summed E-state index contributed by atoms with van der Waals surface area (Å²) in [5.41, 5.74) is 0.548. The molecule has 1 aliphatic heterocycles. The summed E-state index contributed by atoms with van der Waals surface area (Å²) in [6.07, 6.45) is 7.16. The van der Waals surface area contributed by atoms with E-state index >= 15 is 0 Å². The van der Waals surface area contributed by atoms with Crippen LogP contribution in [0.15, 0.2) is 0 Å². The molecular weight excluding hydrogens is 208 g/mol. The first kappa shape index (κ1) is 13.4. The van der Waals surface area contributed by atoms with Crippen LogP contribution < -0.4 is 5.32 Å². The molecule has 0 aromatic heterocycles. The smallest absolute Gasteiger partial charge is 0.0181 e. The van der Waals surface area contributed by atoms with Gasteiger partial charge in [-0.2, -0.15) is 0 Å². The molecule has 0 radical (unpaired) electrons. The van der Waals surface area contributed by atoms with Gasteiger partial charge in [0.1, 0.15) is 0 Å². The number of likely N-dealkylation sites (tertiary alicyclic amines) is 1. The molecule has 1 saturated carbocycles. The molecule has 2 fully saturated rings. The Bertz CT molecular complexity index is 231. The summed E-state index contributed by atoms with van der Waals surface area (Å²) < 4.78 is 0. The lowest BCUT2D eigenvalue weighted by molar-refractivity contribution is 0.136. The van der Waals surface area contributed by atoms with E-state index in [4.69, 9.17) is 0 Å². The zero-order valence-electron chi connectivity index (χ0n) is 12.0. The summed E-state index contributed by atoms with van der Waals surface area (Å²) in [5, 5.41) is 3.62. The number of hydrogen-bond acceptors (Lipinski definition) is 2. The molecule has 0 spiro atoms. The van der Waals surface area contributed by atoms with Gasteiger partial charge in [0, 0.05) is 12.1 Å². The molecule has 0 amide bonds. The van der Waals surface area contributed by atoms with Crippen molar-refractivity contribution in [2.24, 2.45) is 11.8 Å². The first-order valence-electron chi connectivity index (χ1n) is 7.56. The Labute approximate surface area is 107 Å². The van der Waals surface area contributed by atoms with Crippen LogP contribution in [-0.4, -0.2) is 36.6 Å². The van der Waals surface area contributed by atoms with Crippen molar-refractivity contribution in [1.82, 2.24) is 10.2 Å². The highest BCUT2D eigenvalue weighted by atomic mass is 15.2. The topological polar surface area (TPSA) is 15.3 Å². The minimum absolute atomic E-state index is 0.548. The van der Waals surface area contributed by atoms with Gasteiger partial charge >= 0.3 is 0 Å². The fourth-order valence-electron chi connectivity index (χ4n) is 3.52. The number of rotatable bonds is 5.